The van der Waals surface area contributed by atoms with Gasteiger partial charge in [0.15, 0.2) is 0 Å². The number of nitrogens with two attached hydrogens (primary N) is 1. The maximum absolute atomic E-state index is 13.4. The van der Waals surface area contributed by atoms with Crippen molar-refractivity contribution < 1.29 is 35.8 Å². The first kappa shape index (κ1) is 21.2. The molecule has 0 amide bonds. The van der Waals surface area contributed by atoms with E-state index in [1.54, 1.807) is 5.38 Å². The molecule has 1 aromatic carbocycles. The van der Waals surface area contributed by atoms with Crippen LogP contribution in [0.15, 0.2) is 33.2 Å². The van der Waals surface area contributed by atoms with Crippen LogP contribution in [0, 0.1) is 0 Å². The van der Waals surface area contributed by atoms with E-state index in [0.717, 1.165) is 6.07 Å². The van der Waals surface area contributed by atoms with Gasteiger partial charge in [-0.2, -0.15) is 13.9 Å². The van der Waals surface area contributed by atoms with Crippen LogP contribution in [-0.2, 0) is 4.74 Å². The Bertz CT molecular complexity index is 816. The van der Waals surface area contributed by atoms with Gasteiger partial charge >= 0.3 is 18.8 Å². The highest BCUT2D eigenvalue weighted by Gasteiger charge is 2.50. The number of hydrazone groups is 1. The number of nitrogens with one attached hydrogen (secondary N) is 1. The first-order valence-corrected chi connectivity index (χ1v) is 8.38. The number of benzene rings is 1. The standard InChI is InChI=1S/C13H9BrF6N4O2S/c14-7-3-6(4-22-24-11-23-9(21)5-27-11)1-2-8(7)25-12(16,17)10(15)26-13(18,19)20/h1-5,10H,21H2,(H,23,24). The number of nitrogen functional groups attached to an aromatic ring is 1. The van der Waals surface area contributed by atoms with E-state index in [1.165, 1.54) is 29.7 Å². The van der Waals surface area contributed by atoms with Gasteiger partial charge in [-0.05, 0) is 39.7 Å². The minimum absolute atomic E-state index is 0.0798. The number of rotatable bonds is 7. The number of alkyl halides is 6. The SMILES string of the molecule is Nc1csc(NN=Cc2ccc(OC(F)(F)C(F)OC(F)(F)F)c(Br)c2)n1. The Morgan fingerprint density at radius 2 is 2.00 bits per heavy atom. The van der Waals surface area contributed by atoms with Crippen molar-refractivity contribution in [3.05, 3.63) is 33.6 Å². The first-order chi connectivity index (χ1) is 12.5. The van der Waals surface area contributed by atoms with Crippen LogP contribution in [0.3, 0.4) is 0 Å². The van der Waals surface area contributed by atoms with Crippen LogP contribution < -0.4 is 15.9 Å². The lowest BCUT2D eigenvalue weighted by Crippen LogP contribution is -2.41. The van der Waals surface area contributed by atoms with Crippen molar-refractivity contribution >= 4 is 44.4 Å². The fourth-order valence-corrected chi connectivity index (χ4v) is 2.58. The molecule has 1 atom stereocenters. The zero-order valence-corrected chi connectivity index (χ0v) is 15.2. The van der Waals surface area contributed by atoms with Gasteiger partial charge in [-0.15, -0.1) is 24.5 Å². The van der Waals surface area contributed by atoms with Gasteiger partial charge in [0.1, 0.15) is 11.6 Å². The van der Waals surface area contributed by atoms with Gasteiger partial charge in [-0.1, -0.05) is 0 Å². The van der Waals surface area contributed by atoms with Gasteiger partial charge in [-0.3, -0.25) is 5.43 Å². The Balaban J connectivity index is 2.03. The molecule has 0 aliphatic heterocycles. The van der Waals surface area contributed by atoms with Crippen molar-refractivity contribution in [2.45, 2.75) is 18.8 Å². The molecule has 0 saturated heterocycles. The van der Waals surface area contributed by atoms with Crippen molar-refractivity contribution in [3.8, 4) is 5.75 Å². The summed E-state index contributed by atoms with van der Waals surface area (Å²) in [7, 11) is 0. The number of hydrogen-bond acceptors (Lipinski definition) is 7. The molecule has 0 radical (unpaired) electrons. The van der Waals surface area contributed by atoms with E-state index in [1.807, 2.05) is 0 Å². The summed E-state index contributed by atoms with van der Waals surface area (Å²) in [5.74, 6) is -0.297. The lowest BCUT2D eigenvalue weighted by Gasteiger charge is -2.22. The second-order valence-corrected chi connectivity index (χ2v) is 6.39. The molecule has 1 heterocycles. The summed E-state index contributed by atoms with van der Waals surface area (Å²) < 4.78 is 82.0. The Labute approximate surface area is 160 Å². The maximum atomic E-state index is 13.4. The number of ether oxygens (including phenoxy) is 2. The second-order valence-electron chi connectivity index (χ2n) is 4.68. The van der Waals surface area contributed by atoms with Gasteiger partial charge in [0, 0.05) is 5.38 Å². The highest BCUT2D eigenvalue weighted by atomic mass is 79.9. The first-order valence-electron chi connectivity index (χ1n) is 6.71. The second kappa shape index (κ2) is 8.31. The smallest absolute Gasteiger partial charge is 0.427 e. The van der Waals surface area contributed by atoms with Crippen LogP contribution in [0.25, 0.3) is 0 Å². The summed E-state index contributed by atoms with van der Waals surface area (Å²) in [6.45, 7) is 0. The molecule has 148 valence electrons. The number of halogens is 7. The van der Waals surface area contributed by atoms with Crippen LogP contribution >= 0.6 is 27.3 Å². The summed E-state index contributed by atoms with van der Waals surface area (Å²) in [5.41, 5.74) is 8.41. The molecule has 0 saturated carbocycles. The molecule has 0 aliphatic rings. The Kier molecular flexibility index (Phi) is 6.54. The van der Waals surface area contributed by atoms with E-state index in [0.29, 0.717) is 16.5 Å². The van der Waals surface area contributed by atoms with Gasteiger partial charge in [0.2, 0.25) is 5.13 Å². The van der Waals surface area contributed by atoms with E-state index >= 15 is 0 Å². The van der Waals surface area contributed by atoms with Crippen molar-refractivity contribution in [2.24, 2.45) is 5.10 Å². The van der Waals surface area contributed by atoms with E-state index < -0.39 is 24.6 Å². The average molecular weight is 479 g/mol. The lowest BCUT2D eigenvalue weighted by atomic mass is 10.2. The molecule has 2 aromatic rings. The number of aromatic nitrogens is 1. The Morgan fingerprint density at radius 3 is 2.56 bits per heavy atom. The van der Waals surface area contributed by atoms with Crippen LogP contribution in [0.4, 0.5) is 37.3 Å². The summed E-state index contributed by atoms with van der Waals surface area (Å²) in [5, 5.41) is 5.84. The molecule has 0 aliphatic carbocycles. The molecule has 14 heteroatoms. The van der Waals surface area contributed by atoms with Crippen LogP contribution in [0.2, 0.25) is 0 Å². The largest absolute Gasteiger partial charge is 0.525 e. The predicted molar refractivity (Wildman–Crippen MR) is 89.5 cm³/mol. The van der Waals surface area contributed by atoms with E-state index in [4.69, 9.17) is 5.73 Å². The van der Waals surface area contributed by atoms with Gasteiger partial charge in [-0.25, -0.2) is 14.1 Å². The van der Waals surface area contributed by atoms with Crippen LogP contribution in [0.1, 0.15) is 5.56 Å². The van der Waals surface area contributed by atoms with E-state index in [9.17, 15) is 26.3 Å². The zero-order valence-electron chi connectivity index (χ0n) is 12.8. The Morgan fingerprint density at radius 1 is 1.30 bits per heavy atom. The number of thiazole rings is 1. The van der Waals surface area contributed by atoms with Crippen molar-refractivity contribution in [1.29, 1.82) is 0 Å². The fraction of sp³-hybridized carbons (Fsp3) is 0.231. The third-order valence-corrected chi connectivity index (χ3v) is 3.98. The predicted octanol–water partition coefficient (Wildman–Crippen LogP) is 4.74. The van der Waals surface area contributed by atoms with Gasteiger partial charge in [0.05, 0.1) is 10.7 Å². The molecule has 1 aromatic heterocycles. The molecule has 0 spiro atoms. The topological polar surface area (TPSA) is 81.8 Å². The maximum Gasteiger partial charge on any atom is 0.525 e. The molecule has 2 rings (SSSR count). The van der Waals surface area contributed by atoms with Crippen molar-refractivity contribution in [1.82, 2.24) is 4.98 Å². The van der Waals surface area contributed by atoms with Crippen molar-refractivity contribution in [2.75, 3.05) is 11.2 Å². The van der Waals surface area contributed by atoms with E-state index in [2.05, 4.69) is 40.9 Å². The average Bonchev–Trinajstić information content (AvgIpc) is 2.93. The number of anilines is 2. The highest BCUT2D eigenvalue weighted by Crippen LogP contribution is 2.35. The third kappa shape index (κ3) is 6.55. The third-order valence-electron chi connectivity index (χ3n) is 2.60. The molecule has 6 nitrogen and oxygen atoms in total. The molecule has 3 N–H and O–H groups in total. The monoisotopic (exact) mass is 478 g/mol. The van der Waals surface area contributed by atoms with Gasteiger partial charge < -0.3 is 10.5 Å². The summed E-state index contributed by atoms with van der Waals surface area (Å²) >= 11 is 4.10. The zero-order chi connectivity index (χ0) is 20.2. The fourth-order valence-electron chi connectivity index (χ4n) is 1.56. The summed E-state index contributed by atoms with van der Waals surface area (Å²) in [6, 6.07) is 3.51. The van der Waals surface area contributed by atoms with E-state index in [-0.39, 0.29) is 4.47 Å². The highest BCUT2D eigenvalue weighted by molar-refractivity contribution is 9.10. The number of nitrogens with zero attached hydrogens (tertiary/aromatic N) is 2. The molecular formula is C13H9BrF6N4O2S. The minimum atomic E-state index is -5.58. The van der Waals surface area contributed by atoms with Crippen molar-refractivity contribution in [3.63, 3.8) is 0 Å². The van der Waals surface area contributed by atoms with Crippen LogP contribution in [-0.4, -0.2) is 30.0 Å². The molecule has 1 unspecified atom stereocenters. The molecule has 27 heavy (non-hydrogen) atoms. The molecular weight excluding hydrogens is 470 g/mol. The molecule has 0 fully saturated rings. The lowest BCUT2D eigenvalue weighted by molar-refractivity contribution is -0.411. The minimum Gasteiger partial charge on any atom is -0.427 e. The quantitative estimate of drug-likeness (QED) is 0.341. The Hall–Kier alpha value is -2.06. The normalized spacial score (nSPS) is 13.7. The van der Waals surface area contributed by atoms with Gasteiger partial charge in [0.25, 0.3) is 0 Å². The summed E-state index contributed by atoms with van der Waals surface area (Å²) in [4.78, 5) is 3.89. The summed E-state index contributed by atoms with van der Waals surface area (Å²) in [6.07, 6.45) is -13.2. The number of hydrogen-bond donors (Lipinski definition) is 2. The molecule has 0 bridgehead atoms. The van der Waals surface area contributed by atoms with Crippen LogP contribution in [0.5, 0.6) is 5.75 Å².